The van der Waals surface area contributed by atoms with Gasteiger partial charge in [-0.15, -0.1) is 46.5 Å². The maximum atomic E-state index is 12.9. The van der Waals surface area contributed by atoms with E-state index in [9.17, 15) is 13.2 Å². The molecule has 0 saturated heterocycles. The Kier molecular flexibility index (Phi) is 6.58. The van der Waals surface area contributed by atoms with E-state index in [1.165, 1.54) is 28.5 Å². The molecule has 1 aliphatic rings. The number of nitrogens with zero attached hydrogens (tertiary/aromatic N) is 1. The van der Waals surface area contributed by atoms with E-state index >= 15 is 0 Å². The quantitative estimate of drug-likeness (QED) is 0.665. The van der Waals surface area contributed by atoms with E-state index in [1.807, 2.05) is 0 Å². The van der Waals surface area contributed by atoms with Gasteiger partial charge < -0.3 is 0 Å². The predicted molar refractivity (Wildman–Crippen MR) is 110 cm³/mol. The third-order valence-electron chi connectivity index (χ3n) is 3.82. The van der Waals surface area contributed by atoms with Crippen molar-refractivity contribution in [2.45, 2.75) is 48.3 Å². The van der Waals surface area contributed by atoms with Crippen LogP contribution < -0.4 is 5.32 Å². The largest absolute Gasteiger partial charge is 0.300 e. The van der Waals surface area contributed by atoms with Crippen molar-refractivity contribution >= 4 is 67.3 Å². The Morgan fingerprint density at radius 1 is 1.40 bits per heavy atom. The number of sulfone groups is 1. The number of nitrogens with one attached hydrogen (secondary N) is 1. The van der Waals surface area contributed by atoms with Gasteiger partial charge in [0.2, 0.25) is 0 Å². The number of alkyl halides is 1. The number of hydrogen-bond acceptors (Lipinski definition) is 7. The second kappa shape index (κ2) is 7.80. The van der Waals surface area contributed by atoms with Gasteiger partial charge in [-0.05, 0) is 31.4 Å². The lowest BCUT2D eigenvalue weighted by molar-refractivity contribution is -0.116. The number of carbonyl (C=O) groups excluding carboxylic acids is 1. The summed E-state index contributed by atoms with van der Waals surface area (Å²) in [6, 6.07) is 0. The van der Waals surface area contributed by atoms with Crippen molar-refractivity contribution in [1.82, 2.24) is 4.98 Å². The van der Waals surface area contributed by atoms with E-state index in [0.717, 1.165) is 16.6 Å². The lowest BCUT2D eigenvalue weighted by Crippen LogP contribution is -2.43. The molecule has 1 amide bonds. The van der Waals surface area contributed by atoms with E-state index in [1.54, 1.807) is 26.3 Å². The molecule has 0 aliphatic carbocycles. The number of thioether (sulfide) groups is 2. The molecule has 2 unspecified atom stereocenters. The van der Waals surface area contributed by atoms with Crippen molar-refractivity contribution in [2.24, 2.45) is 0 Å². The molecule has 1 N–H and O–H groups in total. The monoisotopic (exact) mass is 440 g/mol. The highest BCUT2D eigenvalue weighted by Gasteiger charge is 2.53. The van der Waals surface area contributed by atoms with Crippen molar-refractivity contribution in [3.8, 4) is 0 Å². The van der Waals surface area contributed by atoms with Crippen molar-refractivity contribution in [3.63, 3.8) is 0 Å². The second-order valence-electron chi connectivity index (χ2n) is 6.14. The van der Waals surface area contributed by atoms with Crippen molar-refractivity contribution in [3.05, 3.63) is 21.4 Å². The number of hydrogen-bond donors (Lipinski definition) is 1. The van der Waals surface area contributed by atoms with Crippen LogP contribution >= 0.6 is 46.5 Å². The topological polar surface area (TPSA) is 76.1 Å². The molecule has 25 heavy (non-hydrogen) atoms. The SMILES string of the molecule is CSC1(C(=O)Nc2ncc(C(C)C)s2)SC=C(S(=O)(=O)C(C)C)C1Cl. The first kappa shape index (κ1) is 21.1. The van der Waals surface area contributed by atoms with Crippen LogP contribution in [0.5, 0.6) is 0 Å². The summed E-state index contributed by atoms with van der Waals surface area (Å²) in [6.07, 6.45) is 3.49. The number of anilines is 1. The van der Waals surface area contributed by atoms with Crippen LogP contribution in [0, 0.1) is 0 Å². The van der Waals surface area contributed by atoms with Gasteiger partial charge in [0.1, 0.15) is 5.38 Å². The van der Waals surface area contributed by atoms with Crippen LogP contribution in [0.25, 0.3) is 0 Å². The van der Waals surface area contributed by atoms with Gasteiger partial charge in [0.05, 0.1) is 10.2 Å². The molecule has 0 saturated carbocycles. The molecular weight excluding hydrogens is 420 g/mol. The third-order valence-corrected chi connectivity index (χ3v) is 11.3. The fourth-order valence-corrected chi connectivity index (χ4v) is 7.76. The molecule has 0 spiro atoms. The summed E-state index contributed by atoms with van der Waals surface area (Å²) < 4.78 is 23.8. The number of allylic oxidation sites excluding steroid dienone is 1. The first-order valence-corrected chi connectivity index (χ1v) is 12.5. The van der Waals surface area contributed by atoms with Crippen LogP contribution in [0.1, 0.15) is 38.5 Å². The molecular formula is C15H21ClN2O3S4. The molecule has 1 aromatic rings. The van der Waals surface area contributed by atoms with Crippen LogP contribution in [0.15, 0.2) is 16.5 Å². The normalized spacial score (nSPS) is 24.0. The van der Waals surface area contributed by atoms with Crippen LogP contribution in [0.4, 0.5) is 5.13 Å². The number of aromatic nitrogens is 1. The molecule has 0 radical (unpaired) electrons. The number of amides is 1. The Morgan fingerprint density at radius 3 is 2.52 bits per heavy atom. The van der Waals surface area contributed by atoms with E-state index < -0.39 is 24.5 Å². The van der Waals surface area contributed by atoms with Crippen LogP contribution in [-0.2, 0) is 14.6 Å². The smallest absolute Gasteiger partial charge is 0.254 e. The molecule has 5 nitrogen and oxygen atoms in total. The average Bonchev–Trinajstić information content (AvgIpc) is 3.12. The molecule has 10 heteroatoms. The van der Waals surface area contributed by atoms with E-state index in [-0.39, 0.29) is 10.8 Å². The van der Waals surface area contributed by atoms with Gasteiger partial charge >= 0.3 is 0 Å². The Morgan fingerprint density at radius 2 is 2.04 bits per heavy atom. The zero-order chi connectivity index (χ0) is 19.0. The van der Waals surface area contributed by atoms with Gasteiger partial charge in [-0.1, -0.05) is 13.8 Å². The fraction of sp³-hybridized carbons (Fsp3) is 0.600. The maximum absolute atomic E-state index is 12.9. The number of rotatable bonds is 6. The maximum Gasteiger partial charge on any atom is 0.254 e. The highest BCUT2D eigenvalue weighted by molar-refractivity contribution is 8.21. The van der Waals surface area contributed by atoms with Gasteiger partial charge in [-0.25, -0.2) is 13.4 Å². The average molecular weight is 441 g/mol. The minimum atomic E-state index is -3.52. The third kappa shape index (κ3) is 3.90. The lowest BCUT2D eigenvalue weighted by Gasteiger charge is -2.29. The molecule has 140 valence electrons. The Balaban J connectivity index is 2.25. The number of thiazole rings is 1. The van der Waals surface area contributed by atoms with Gasteiger partial charge in [-0.3, -0.25) is 10.1 Å². The molecule has 0 bridgehead atoms. The summed E-state index contributed by atoms with van der Waals surface area (Å²) in [5.74, 6) is -0.0244. The van der Waals surface area contributed by atoms with Crippen molar-refractivity contribution in [1.29, 1.82) is 0 Å². The molecule has 2 rings (SSSR count). The molecule has 2 heterocycles. The molecule has 0 aromatic carbocycles. The van der Waals surface area contributed by atoms with E-state index in [2.05, 4.69) is 24.1 Å². The summed E-state index contributed by atoms with van der Waals surface area (Å²) in [7, 11) is -3.52. The Bertz CT molecular complexity index is 788. The van der Waals surface area contributed by atoms with Gasteiger partial charge in [0.25, 0.3) is 5.91 Å². The minimum absolute atomic E-state index is 0.112. The zero-order valence-corrected chi connectivity index (χ0v) is 18.6. The van der Waals surface area contributed by atoms with E-state index in [0.29, 0.717) is 11.0 Å². The lowest BCUT2D eigenvalue weighted by atomic mass is 10.2. The zero-order valence-electron chi connectivity index (χ0n) is 14.6. The molecule has 1 aliphatic heterocycles. The van der Waals surface area contributed by atoms with Crippen LogP contribution in [0.3, 0.4) is 0 Å². The Labute approximate surface area is 166 Å². The first-order valence-electron chi connectivity index (χ1n) is 7.64. The summed E-state index contributed by atoms with van der Waals surface area (Å²) >= 11 is 10.3. The summed E-state index contributed by atoms with van der Waals surface area (Å²) in [5, 5.41) is 3.26. The fourth-order valence-electron chi connectivity index (χ4n) is 2.14. The van der Waals surface area contributed by atoms with Gasteiger partial charge in [0, 0.05) is 11.1 Å². The highest BCUT2D eigenvalue weighted by Crippen LogP contribution is 2.53. The van der Waals surface area contributed by atoms with Crippen LogP contribution in [-0.4, -0.2) is 40.3 Å². The predicted octanol–water partition coefficient (Wildman–Crippen LogP) is 4.28. The number of halogens is 1. The molecule has 2 atom stereocenters. The van der Waals surface area contributed by atoms with Crippen LogP contribution in [0.2, 0.25) is 0 Å². The molecule has 1 aromatic heterocycles. The second-order valence-corrected chi connectivity index (χ2v) is 12.6. The molecule has 0 fully saturated rings. The Hall–Kier alpha value is -0.220. The first-order chi connectivity index (χ1) is 11.6. The van der Waals surface area contributed by atoms with E-state index in [4.69, 9.17) is 11.6 Å². The minimum Gasteiger partial charge on any atom is -0.300 e. The highest BCUT2D eigenvalue weighted by atomic mass is 35.5. The van der Waals surface area contributed by atoms with Gasteiger partial charge in [0.15, 0.2) is 19.0 Å². The summed E-state index contributed by atoms with van der Waals surface area (Å²) in [5.41, 5.74) is 0. The summed E-state index contributed by atoms with van der Waals surface area (Å²) in [6.45, 7) is 7.31. The van der Waals surface area contributed by atoms with Crippen molar-refractivity contribution in [2.75, 3.05) is 11.6 Å². The van der Waals surface area contributed by atoms with Gasteiger partial charge in [-0.2, -0.15) is 0 Å². The standard InChI is InChI=1S/C15H21ClN2O3S4/c1-8(2)10-6-17-14(24-10)18-13(19)15(22-5)12(16)11(7-23-15)25(20,21)9(3)4/h6-9,12H,1-5H3,(H,17,18,19). The summed E-state index contributed by atoms with van der Waals surface area (Å²) in [4.78, 5) is 18.3. The van der Waals surface area contributed by atoms with Crippen molar-refractivity contribution < 1.29 is 13.2 Å². The number of carbonyl (C=O) groups is 1.